The molecule has 1 aromatic rings. The Morgan fingerprint density at radius 3 is 2.34 bits per heavy atom. The van der Waals surface area contributed by atoms with E-state index in [1.807, 2.05) is 0 Å². The average Bonchev–Trinajstić information content (AvgIpc) is 2.76. The molecule has 29 heavy (non-hydrogen) atoms. The molecule has 1 heterocycles. The highest BCUT2D eigenvalue weighted by Crippen LogP contribution is 2.37. The van der Waals surface area contributed by atoms with Crippen molar-refractivity contribution in [2.75, 3.05) is 60.7 Å². The maximum Gasteiger partial charge on any atom is 0.329 e. The van der Waals surface area contributed by atoms with Crippen molar-refractivity contribution in [3.63, 3.8) is 0 Å². The Labute approximate surface area is 170 Å². The van der Waals surface area contributed by atoms with E-state index >= 15 is 0 Å². The zero-order chi connectivity index (χ0) is 21.1. The molecule has 1 fully saturated rings. The number of methoxy groups -OCH3 is 3. The van der Waals surface area contributed by atoms with Crippen LogP contribution in [0.15, 0.2) is 17.2 Å². The highest BCUT2D eigenvalue weighted by molar-refractivity contribution is 6.35. The summed E-state index contributed by atoms with van der Waals surface area (Å²) < 4.78 is 21.0. The number of amides is 2. The van der Waals surface area contributed by atoms with Crippen LogP contribution in [-0.2, 0) is 14.3 Å². The Bertz CT molecular complexity index is 694. The second-order valence-electron chi connectivity index (χ2n) is 6.22. The van der Waals surface area contributed by atoms with Gasteiger partial charge in [0.25, 0.3) is 0 Å². The van der Waals surface area contributed by atoms with Gasteiger partial charge in [0, 0.05) is 25.2 Å². The van der Waals surface area contributed by atoms with E-state index in [1.165, 1.54) is 27.5 Å². The van der Waals surface area contributed by atoms with Crippen molar-refractivity contribution >= 4 is 18.0 Å². The summed E-state index contributed by atoms with van der Waals surface area (Å²) in [6.07, 6.45) is 2.14. The summed E-state index contributed by atoms with van der Waals surface area (Å²) in [6.45, 7) is 4.52. The predicted molar refractivity (Wildman–Crippen MR) is 107 cm³/mol. The van der Waals surface area contributed by atoms with Crippen LogP contribution in [0.4, 0.5) is 0 Å². The highest BCUT2D eigenvalue weighted by Gasteiger charge is 2.14. The Hall–Kier alpha value is -2.85. The van der Waals surface area contributed by atoms with Crippen molar-refractivity contribution in [3.05, 3.63) is 17.7 Å². The van der Waals surface area contributed by atoms with Crippen molar-refractivity contribution in [2.24, 2.45) is 5.10 Å². The van der Waals surface area contributed by atoms with Gasteiger partial charge in [0.05, 0.1) is 40.8 Å². The minimum Gasteiger partial charge on any atom is -0.493 e. The topological polar surface area (TPSA) is 111 Å². The number of carbonyl (C=O) groups excluding carboxylic acids is 2. The predicted octanol–water partition coefficient (Wildman–Crippen LogP) is 0.00100. The van der Waals surface area contributed by atoms with Crippen LogP contribution in [-0.4, -0.2) is 83.7 Å². The number of carbonyl (C=O) groups is 2. The number of rotatable bonds is 9. The third-order valence-electron chi connectivity index (χ3n) is 4.31. The van der Waals surface area contributed by atoms with Crippen LogP contribution in [0.5, 0.6) is 17.2 Å². The standard InChI is InChI=1S/C19H28N4O6/c1-26-15-11-14(12-16(27-2)17(15)28-3)13-21-22-19(25)18(24)20-5-4-6-23-7-9-29-10-8-23/h11-13H,4-10H2,1-3H3,(H,20,24)(H,22,25)/b21-13+. The molecule has 0 radical (unpaired) electrons. The quantitative estimate of drug-likeness (QED) is 0.256. The summed E-state index contributed by atoms with van der Waals surface area (Å²) >= 11 is 0. The van der Waals surface area contributed by atoms with E-state index in [4.69, 9.17) is 18.9 Å². The molecule has 2 amide bonds. The fourth-order valence-electron chi connectivity index (χ4n) is 2.80. The molecule has 1 aliphatic rings. The number of hydrogen-bond acceptors (Lipinski definition) is 8. The van der Waals surface area contributed by atoms with Gasteiger partial charge < -0.3 is 24.3 Å². The maximum absolute atomic E-state index is 11.8. The molecule has 1 aliphatic heterocycles. The number of morpholine rings is 1. The third-order valence-corrected chi connectivity index (χ3v) is 4.31. The van der Waals surface area contributed by atoms with Gasteiger partial charge in [-0.1, -0.05) is 0 Å². The van der Waals surface area contributed by atoms with Crippen LogP contribution in [0.25, 0.3) is 0 Å². The smallest absolute Gasteiger partial charge is 0.329 e. The summed E-state index contributed by atoms with van der Waals surface area (Å²) in [7, 11) is 4.51. The monoisotopic (exact) mass is 408 g/mol. The lowest BCUT2D eigenvalue weighted by molar-refractivity contribution is -0.139. The summed E-state index contributed by atoms with van der Waals surface area (Å²) in [5, 5.41) is 6.39. The Morgan fingerprint density at radius 2 is 1.76 bits per heavy atom. The van der Waals surface area contributed by atoms with Crippen LogP contribution in [0, 0.1) is 0 Å². The summed E-state index contributed by atoms with van der Waals surface area (Å²) in [4.78, 5) is 25.9. The fourth-order valence-corrected chi connectivity index (χ4v) is 2.80. The second kappa shape index (κ2) is 11.9. The van der Waals surface area contributed by atoms with Gasteiger partial charge in [0.15, 0.2) is 11.5 Å². The van der Waals surface area contributed by atoms with Gasteiger partial charge in [-0.15, -0.1) is 0 Å². The first kappa shape index (κ1) is 22.4. The van der Waals surface area contributed by atoms with Crippen LogP contribution >= 0.6 is 0 Å². The van der Waals surface area contributed by atoms with Crippen LogP contribution in [0.2, 0.25) is 0 Å². The molecular formula is C19H28N4O6. The van der Waals surface area contributed by atoms with Crippen molar-refractivity contribution in [1.29, 1.82) is 0 Å². The number of benzene rings is 1. The van der Waals surface area contributed by atoms with E-state index in [0.717, 1.165) is 39.3 Å². The zero-order valence-corrected chi connectivity index (χ0v) is 17.0. The summed E-state index contributed by atoms with van der Waals surface area (Å²) in [5.41, 5.74) is 2.81. The van der Waals surface area contributed by atoms with Gasteiger partial charge in [0.2, 0.25) is 5.75 Å². The minimum atomic E-state index is -0.833. The van der Waals surface area contributed by atoms with E-state index in [-0.39, 0.29) is 0 Å². The van der Waals surface area contributed by atoms with Crippen molar-refractivity contribution < 1.29 is 28.5 Å². The van der Waals surface area contributed by atoms with Gasteiger partial charge in [-0.05, 0) is 25.1 Å². The number of hydrazone groups is 1. The van der Waals surface area contributed by atoms with Gasteiger partial charge in [0.1, 0.15) is 0 Å². The van der Waals surface area contributed by atoms with Crippen molar-refractivity contribution in [3.8, 4) is 17.2 Å². The van der Waals surface area contributed by atoms with Gasteiger partial charge in [-0.25, -0.2) is 5.43 Å². The second-order valence-corrected chi connectivity index (χ2v) is 6.22. The highest BCUT2D eigenvalue weighted by atomic mass is 16.5. The summed E-state index contributed by atoms with van der Waals surface area (Å²) in [6, 6.07) is 3.34. The molecule has 0 spiro atoms. The van der Waals surface area contributed by atoms with Crippen molar-refractivity contribution in [1.82, 2.24) is 15.6 Å². The SMILES string of the molecule is COc1cc(/C=N/NC(=O)C(=O)NCCCN2CCOCC2)cc(OC)c1OC. The first-order valence-electron chi connectivity index (χ1n) is 9.30. The molecule has 0 aromatic heterocycles. The molecule has 0 atom stereocenters. The molecule has 10 nitrogen and oxygen atoms in total. The van der Waals surface area contributed by atoms with E-state index in [0.29, 0.717) is 29.4 Å². The zero-order valence-electron chi connectivity index (χ0n) is 17.0. The van der Waals surface area contributed by atoms with E-state index in [2.05, 4.69) is 20.7 Å². The molecule has 1 saturated heterocycles. The average molecular weight is 408 g/mol. The Balaban J connectivity index is 1.78. The molecule has 10 heteroatoms. The first-order valence-corrected chi connectivity index (χ1v) is 9.30. The first-order chi connectivity index (χ1) is 14.1. The molecule has 160 valence electrons. The van der Waals surface area contributed by atoms with Crippen LogP contribution < -0.4 is 25.0 Å². The molecule has 1 aromatic carbocycles. The normalized spacial score (nSPS) is 14.4. The molecule has 2 rings (SSSR count). The minimum absolute atomic E-state index is 0.417. The maximum atomic E-state index is 11.8. The van der Waals surface area contributed by atoms with Crippen LogP contribution in [0.3, 0.4) is 0 Å². The lowest BCUT2D eigenvalue weighted by Crippen LogP contribution is -2.40. The largest absolute Gasteiger partial charge is 0.493 e. The molecule has 2 N–H and O–H groups in total. The lowest BCUT2D eigenvalue weighted by Gasteiger charge is -2.26. The number of hydrogen-bond donors (Lipinski definition) is 2. The van der Waals surface area contributed by atoms with Crippen molar-refractivity contribution in [2.45, 2.75) is 6.42 Å². The Morgan fingerprint density at radius 1 is 1.10 bits per heavy atom. The van der Waals surface area contributed by atoms with E-state index in [9.17, 15) is 9.59 Å². The van der Waals surface area contributed by atoms with E-state index in [1.54, 1.807) is 12.1 Å². The molecule has 0 aliphatic carbocycles. The van der Waals surface area contributed by atoms with Gasteiger partial charge >= 0.3 is 11.8 Å². The van der Waals surface area contributed by atoms with Crippen LogP contribution in [0.1, 0.15) is 12.0 Å². The molecule has 0 unspecified atom stereocenters. The number of nitrogens with zero attached hydrogens (tertiary/aromatic N) is 2. The number of ether oxygens (including phenoxy) is 4. The number of nitrogens with one attached hydrogen (secondary N) is 2. The molecule has 0 saturated carbocycles. The third kappa shape index (κ3) is 6.91. The lowest BCUT2D eigenvalue weighted by atomic mass is 10.2. The molecular weight excluding hydrogens is 380 g/mol. The van der Waals surface area contributed by atoms with Gasteiger partial charge in [-0.2, -0.15) is 5.10 Å². The van der Waals surface area contributed by atoms with Gasteiger partial charge in [-0.3, -0.25) is 14.5 Å². The van der Waals surface area contributed by atoms with E-state index < -0.39 is 11.8 Å². The molecule has 0 bridgehead atoms. The fraction of sp³-hybridized carbons (Fsp3) is 0.526. The Kier molecular flexibility index (Phi) is 9.19. The summed E-state index contributed by atoms with van der Waals surface area (Å²) in [5.74, 6) is -0.197.